The van der Waals surface area contributed by atoms with E-state index in [1.165, 1.54) is 0 Å². The van der Waals surface area contributed by atoms with E-state index >= 15 is 0 Å². The van der Waals surface area contributed by atoms with Crippen LogP contribution in [0.3, 0.4) is 0 Å². The fraction of sp³-hybridized carbons (Fsp3) is 0.471. The van der Waals surface area contributed by atoms with Gasteiger partial charge in [-0.25, -0.2) is 0 Å². The number of likely N-dealkylation sites (tertiary alicyclic amines) is 1. The molecule has 22 heavy (non-hydrogen) atoms. The molecule has 1 saturated heterocycles. The third-order valence-electron chi connectivity index (χ3n) is 3.75. The second-order valence-corrected chi connectivity index (χ2v) is 5.70. The van der Waals surface area contributed by atoms with Crippen molar-refractivity contribution in [2.45, 2.75) is 38.6 Å². The number of carbonyl (C=O) groups excluding carboxylic acids is 3. The first-order valence-electron chi connectivity index (χ1n) is 7.71. The summed E-state index contributed by atoms with van der Waals surface area (Å²) < 4.78 is 0. The van der Waals surface area contributed by atoms with Crippen LogP contribution >= 0.6 is 0 Å². The monoisotopic (exact) mass is 302 g/mol. The molecule has 0 bridgehead atoms. The van der Waals surface area contributed by atoms with Gasteiger partial charge >= 0.3 is 0 Å². The van der Waals surface area contributed by atoms with Crippen molar-refractivity contribution in [2.24, 2.45) is 0 Å². The zero-order valence-corrected chi connectivity index (χ0v) is 12.9. The molecule has 0 aliphatic carbocycles. The third-order valence-corrected chi connectivity index (χ3v) is 3.75. The molecule has 0 unspecified atom stereocenters. The van der Waals surface area contributed by atoms with Gasteiger partial charge < -0.3 is 10.2 Å². The van der Waals surface area contributed by atoms with Crippen molar-refractivity contribution in [2.75, 3.05) is 13.1 Å². The van der Waals surface area contributed by atoms with E-state index in [2.05, 4.69) is 5.32 Å². The lowest BCUT2D eigenvalue weighted by molar-refractivity contribution is -0.129. The van der Waals surface area contributed by atoms with Crippen molar-refractivity contribution in [1.29, 1.82) is 0 Å². The lowest BCUT2D eigenvalue weighted by Crippen LogP contribution is -2.42. The summed E-state index contributed by atoms with van der Waals surface area (Å²) in [6.07, 6.45) is 1.87. The van der Waals surface area contributed by atoms with Gasteiger partial charge in [-0.2, -0.15) is 0 Å². The van der Waals surface area contributed by atoms with Gasteiger partial charge in [0.05, 0.1) is 0 Å². The summed E-state index contributed by atoms with van der Waals surface area (Å²) in [5.74, 6) is -0.0260. The Labute approximate surface area is 130 Å². The fourth-order valence-electron chi connectivity index (χ4n) is 2.62. The van der Waals surface area contributed by atoms with E-state index in [1.807, 2.05) is 25.1 Å². The summed E-state index contributed by atoms with van der Waals surface area (Å²) in [6.45, 7) is 3.19. The number of carbonyl (C=O) groups is 3. The standard InChI is InChI=1S/C17H22N2O3/c1-13(12-19-11-5-8-17(19)22)18-16(21)10-9-15(20)14-6-3-2-4-7-14/h2-4,6-7,13H,5,8-12H2,1H3,(H,18,21)/t13-/m1/s1. The number of hydrogen-bond donors (Lipinski definition) is 1. The van der Waals surface area contributed by atoms with Crippen LogP contribution in [0.25, 0.3) is 0 Å². The molecule has 2 amide bonds. The Hall–Kier alpha value is -2.17. The minimum atomic E-state index is -0.150. The maximum atomic E-state index is 11.9. The van der Waals surface area contributed by atoms with E-state index in [-0.39, 0.29) is 36.5 Å². The molecule has 1 heterocycles. The topological polar surface area (TPSA) is 66.5 Å². The van der Waals surface area contributed by atoms with Gasteiger partial charge in [-0.05, 0) is 13.3 Å². The summed E-state index contributed by atoms with van der Waals surface area (Å²) in [7, 11) is 0. The quantitative estimate of drug-likeness (QED) is 0.781. The molecule has 5 nitrogen and oxygen atoms in total. The largest absolute Gasteiger partial charge is 0.352 e. The van der Waals surface area contributed by atoms with Crippen molar-refractivity contribution in [3.8, 4) is 0 Å². The highest BCUT2D eigenvalue weighted by Gasteiger charge is 2.22. The van der Waals surface area contributed by atoms with Gasteiger partial charge in [0.15, 0.2) is 5.78 Å². The van der Waals surface area contributed by atoms with Crippen molar-refractivity contribution in [3.05, 3.63) is 35.9 Å². The number of amides is 2. The number of benzene rings is 1. The average Bonchev–Trinajstić information content (AvgIpc) is 2.90. The Balaban J connectivity index is 1.71. The van der Waals surface area contributed by atoms with Crippen LogP contribution in [0.4, 0.5) is 0 Å². The normalized spacial score (nSPS) is 15.7. The summed E-state index contributed by atoms with van der Waals surface area (Å²) in [6, 6.07) is 8.88. The Kier molecular flexibility index (Phi) is 5.69. The van der Waals surface area contributed by atoms with E-state index < -0.39 is 0 Å². The molecule has 1 aliphatic heterocycles. The van der Waals surface area contributed by atoms with Gasteiger partial charge in [-0.15, -0.1) is 0 Å². The predicted molar refractivity (Wildman–Crippen MR) is 83.4 cm³/mol. The van der Waals surface area contributed by atoms with Gasteiger partial charge in [0.25, 0.3) is 0 Å². The molecule has 5 heteroatoms. The highest BCUT2D eigenvalue weighted by molar-refractivity contribution is 5.97. The average molecular weight is 302 g/mol. The summed E-state index contributed by atoms with van der Waals surface area (Å²) in [4.78, 5) is 37.1. The van der Waals surface area contributed by atoms with E-state index in [4.69, 9.17) is 0 Å². The molecule has 118 valence electrons. The molecule has 1 aromatic rings. The molecule has 1 fully saturated rings. The molecule has 0 spiro atoms. The van der Waals surface area contributed by atoms with Crippen LogP contribution in [0.15, 0.2) is 30.3 Å². The summed E-state index contributed by atoms with van der Waals surface area (Å²) >= 11 is 0. The second kappa shape index (κ2) is 7.73. The summed E-state index contributed by atoms with van der Waals surface area (Å²) in [5.41, 5.74) is 0.631. The molecule has 1 N–H and O–H groups in total. The van der Waals surface area contributed by atoms with Gasteiger partial charge in [0.2, 0.25) is 11.8 Å². The molecule has 1 atom stereocenters. The van der Waals surface area contributed by atoms with Crippen LogP contribution in [0.5, 0.6) is 0 Å². The van der Waals surface area contributed by atoms with Crippen LogP contribution in [0.1, 0.15) is 43.0 Å². The lowest BCUT2D eigenvalue weighted by Gasteiger charge is -2.21. The van der Waals surface area contributed by atoms with Crippen molar-refractivity contribution in [1.82, 2.24) is 10.2 Å². The van der Waals surface area contributed by atoms with Crippen molar-refractivity contribution in [3.63, 3.8) is 0 Å². The van der Waals surface area contributed by atoms with Crippen LogP contribution in [0, 0.1) is 0 Å². The maximum absolute atomic E-state index is 11.9. The first kappa shape index (κ1) is 16.2. The molecule has 0 aromatic heterocycles. The number of Topliss-reactive ketones (excluding diaryl/α,β-unsaturated/α-hetero) is 1. The number of ketones is 1. The van der Waals surface area contributed by atoms with Crippen LogP contribution in [0.2, 0.25) is 0 Å². The molecular weight excluding hydrogens is 280 g/mol. The molecule has 0 radical (unpaired) electrons. The highest BCUT2D eigenvalue weighted by atomic mass is 16.2. The van der Waals surface area contributed by atoms with E-state index in [0.29, 0.717) is 18.5 Å². The Bertz CT molecular complexity index is 542. The Morgan fingerprint density at radius 3 is 2.59 bits per heavy atom. The predicted octanol–water partition coefficient (Wildman–Crippen LogP) is 1.78. The van der Waals surface area contributed by atoms with Gasteiger partial charge in [-0.3, -0.25) is 14.4 Å². The lowest BCUT2D eigenvalue weighted by atomic mass is 10.1. The number of nitrogens with zero attached hydrogens (tertiary/aromatic N) is 1. The number of hydrogen-bond acceptors (Lipinski definition) is 3. The smallest absolute Gasteiger partial charge is 0.222 e. The zero-order chi connectivity index (χ0) is 15.9. The van der Waals surface area contributed by atoms with E-state index in [1.54, 1.807) is 17.0 Å². The second-order valence-electron chi connectivity index (χ2n) is 5.70. The van der Waals surface area contributed by atoms with Gasteiger partial charge in [0, 0.05) is 44.0 Å². The fourth-order valence-corrected chi connectivity index (χ4v) is 2.62. The van der Waals surface area contributed by atoms with Crippen molar-refractivity contribution >= 4 is 17.6 Å². The zero-order valence-electron chi connectivity index (χ0n) is 12.9. The highest BCUT2D eigenvalue weighted by Crippen LogP contribution is 2.10. The van der Waals surface area contributed by atoms with Crippen molar-refractivity contribution < 1.29 is 14.4 Å². The van der Waals surface area contributed by atoms with E-state index in [9.17, 15) is 14.4 Å². The maximum Gasteiger partial charge on any atom is 0.222 e. The SMILES string of the molecule is C[C@H](CN1CCCC1=O)NC(=O)CCC(=O)c1ccccc1. The molecule has 0 saturated carbocycles. The number of nitrogens with one attached hydrogen (secondary N) is 1. The molecule has 1 aliphatic rings. The van der Waals surface area contributed by atoms with Crippen LogP contribution < -0.4 is 5.32 Å². The molecular formula is C17H22N2O3. The first-order chi connectivity index (χ1) is 10.6. The van der Waals surface area contributed by atoms with Crippen LogP contribution in [-0.2, 0) is 9.59 Å². The third kappa shape index (κ3) is 4.69. The van der Waals surface area contributed by atoms with Crippen LogP contribution in [-0.4, -0.2) is 41.6 Å². The Morgan fingerprint density at radius 1 is 1.23 bits per heavy atom. The molecule has 1 aromatic carbocycles. The number of rotatable bonds is 7. The minimum absolute atomic E-state index is 0.0295. The van der Waals surface area contributed by atoms with Gasteiger partial charge in [-0.1, -0.05) is 30.3 Å². The first-order valence-corrected chi connectivity index (χ1v) is 7.71. The summed E-state index contributed by atoms with van der Waals surface area (Å²) in [5, 5.41) is 2.85. The van der Waals surface area contributed by atoms with Gasteiger partial charge in [0.1, 0.15) is 0 Å². The Morgan fingerprint density at radius 2 is 1.95 bits per heavy atom. The minimum Gasteiger partial charge on any atom is -0.352 e. The molecule has 2 rings (SSSR count). The van der Waals surface area contributed by atoms with E-state index in [0.717, 1.165) is 13.0 Å².